The molecule has 2 aromatic rings. The second kappa shape index (κ2) is 5.36. The Hall–Kier alpha value is -1.94. The zero-order valence-electron chi connectivity index (χ0n) is 11.9. The first kappa shape index (κ1) is 15.0. The molecule has 0 bridgehead atoms. The normalized spacial score (nSPS) is 28.5. The molecule has 2 aromatic heterocycles. The third-order valence-corrected chi connectivity index (χ3v) is 3.95. The number of nitrogens with one attached hydrogen (secondary N) is 1. The Morgan fingerprint density at radius 2 is 2.18 bits per heavy atom. The van der Waals surface area contributed by atoms with Crippen LogP contribution in [0.2, 0.25) is 0 Å². The monoisotopic (exact) mass is 310 g/mol. The van der Waals surface area contributed by atoms with Crippen molar-refractivity contribution in [2.45, 2.75) is 37.9 Å². The number of aromatic amines is 1. The van der Waals surface area contributed by atoms with E-state index in [0.717, 1.165) is 5.56 Å². The van der Waals surface area contributed by atoms with Gasteiger partial charge in [0.2, 0.25) is 5.95 Å². The van der Waals surface area contributed by atoms with Gasteiger partial charge < -0.3 is 30.4 Å². The molecule has 0 aromatic carbocycles. The zero-order valence-corrected chi connectivity index (χ0v) is 11.9. The minimum atomic E-state index is -1.25. The minimum absolute atomic E-state index is 0.0498. The molecule has 1 aliphatic heterocycles. The molecule has 0 radical (unpaired) electrons. The molecule has 0 amide bonds. The molecule has 3 rings (SSSR count). The quantitative estimate of drug-likeness (QED) is 0.462. The fraction of sp³-hybridized carbons (Fsp3) is 0.538. The van der Waals surface area contributed by atoms with Crippen LogP contribution in [0.4, 0.5) is 5.95 Å². The summed E-state index contributed by atoms with van der Waals surface area (Å²) in [5, 5.41) is 29.6. The van der Waals surface area contributed by atoms with Gasteiger partial charge in [0.15, 0.2) is 11.9 Å². The van der Waals surface area contributed by atoms with Crippen molar-refractivity contribution >= 4 is 17.0 Å². The van der Waals surface area contributed by atoms with Gasteiger partial charge in [-0.05, 0) is 12.0 Å². The molecule has 6 N–H and O–H groups in total. The summed E-state index contributed by atoms with van der Waals surface area (Å²) in [4.78, 5) is 18.6. The first-order valence-electron chi connectivity index (χ1n) is 6.99. The molecule has 120 valence electrons. The van der Waals surface area contributed by atoms with E-state index in [1.54, 1.807) is 6.20 Å². The number of anilines is 1. The molecule has 0 spiro atoms. The summed E-state index contributed by atoms with van der Waals surface area (Å²) < 4.78 is 6.96. The highest BCUT2D eigenvalue weighted by molar-refractivity contribution is 5.80. The number of nitrogens with zero attached hydrogens (tertiary/aromatic N) is 2. The van der Waals surface area contributed by atoms with E-state index in [0.29, 0.717) is 11.8 Å². The van der Waals surface area contributed by atoms with Crippen LogP contribution in [0.5, 0.6) is 0 Å². The van der Waals surface area contributed by atoms with E-state index in [1.165, 1.54) is 4.57 Å². The van der Waals surface area contributed by atoms with E-state index in [1.807, 2.05) is 6.92 Å². The summed E-state index contributed by atoms with van der Waals surface area (Å²) in [7, 11) is 0. The van der Waals surface area contributed by atoms with E-state index < -0.39 is 31.1 Å². The average molecular weight is 310 g/mol. The van der Waals surface area contributed by atoms with Crippen LogP contribution in [0.25, 0.3) is 11.0 Å². The Morgan fingerprint density at radius 1 is 1.45 bits per heavy atom. The lowest BCUT2D eigenvalue weighted by Crippen LogP contribution is -2.33. The number of hydrogen-bond acceptors (Lipinski definition) is 7. The van der Waals surface area contributed by atoms with Crippen molar-refractivity contribution in [1.29, 1.82) is 0 Å². The molecule has 1 aliphatic rings. The van der Waals surface area contributed by atoms with Gasteiger partial charge in [-0.1, -0.05) is 6.92 Å². The number of ether oxygens (including phenoxy) is 1. The molecule has 9 nitrogen and oxygen atoms in total. The largest absolute Gasteiger partial charge is 0.394 e. The van der Waals surface area contributed by atoms with Crippen LogP contribution in [0, 0.1) is 0 Å². The summed E-state index contributed by atoms with van der Waals surface area (Å²) in [6.07, 6.45) is -2.11. The number of aromatic nitrogens is 3. The summed E-state index contributed by atoms with van der Waals surface area (Å²) in [6, 6.07) is 0. The van der Waals surface area contributed by atoms with Gasteiger partial charge in [0, 0.05) is 6.20 Å². The highest BCUT2D eigenvalue weighted by Gasteiger charge is 2.44. The van der Waals surface area contributed by atoms with Gasteiger partial charge >= 0.3 is 0 Å². The molecule has 22 heavy (non-hydrogen) atoms. The maximum atomic E-state index is 12.1. The Labute approximate surface area is 125 Å². The minimum Gasteiger partial charge on any atom is -0.394 e. The van der Waals surface area contributed by atoms with Crippen molar-refractivity contribution in [3.63, 3.8) is 0 Å². The lowest BCUT2D eigenvalue weighted by molar-refractivity contribution is -0.0509. The van der Waals surface area contributed by atoms with Crippen molar-refractivity contribution in [2.24, 2.45) is 0 Å². The van der Waals surface area contributed by atoms with E-state index in [4.69, 9.17) is 10.5 Å². The first-order valence-corrected chi connectivity index (χ1v) is 6.99. The maximum absolute atomic E-state index is 12.1. The first-order chi connectivity index (χ1) is 10.5. The number of fused-ring (bicyclic) bond motifs is 1. The van der Waals surface area contributed by atoms with Crippen LogP contribution in [0.1, 0.15) is 18.7 Å². The number of rotatable bonds is 3. The molecule has 1 saturated heterocycles. The van der Waals surface area contributed by atoms with Crippen molar-refractivity contribution < 1.29 is 20.1 Å². The Balaban J connectivity index is 2.18. The van der Waals surface area contributed by atoms with Crippen molar-refractivity contribution in [2.75, 3.05) is 12.3 Å². The van der Waals surface area contributed by atoms with Gasteiger partial charge in [-0.2, -0.15) is 4.98 Å². The van der Waals surface area contributed by atoms with E-state index in [9.17, 15) is 20.1 Å². The standard InChI is InChI=1S/C13H18N4O5/c1-2-5-3-17(10-7(5)11(21)16-13(14)15-10)12-9(20)8(19)6(4-18)22-12/h3,6,8-9,12,18-20H,2,4H2,1H3,(H3,14,15,16,21)/t6-,8?,9+,12-/m1/s1. The van der Waals surface area contributed by atoms with Crippen molar-refractivity contribution in [1.82, 2.24) is 14.5 Å². The molecule has 0 aliphatic carbocycles. The van der Waals surface area contributed by atoms with E-state index in [-0.39, 0.29) is 17.2 Å². The third-order valence-electron chi connectivity index (χ3n) is 3.95. The zero-order chi connectivity index (χ0) is 16.0. The molecule has 4 atom stereocenters. The summed E-state index contributed by atoms with van der Waals surface area (Å²) in [5.41, 5.74) is 6.21. The van der Waals surface area contributed by atoms with Crippen LogP contribution in [0.15, 0.2) is 11.0 Å². The molecular weight excluding hydrogens is 292 g/mol. The van der Waals surface area contributed by atoms with Crippen molar-refractivity contribution in [3.05, 3.63) is 22.1 Å². The highest BCUT2D eigenvalue weighted by atomic mass is 16.6. The van der Waals surface area contributed by atoms with Gasteiger partial charge in [0.1, 0.15) is 18.3 Å². The smallest absolute Gasteiger partial charge is 0.262 e. The van der Waals surface area contributed by atoms with E-state index >= 15 is 0 Å². The summed E-state index contributed by atoms with van der Waals surface area (Å²) >= 11 is 0. The lowest BCUT2D eigenvalue weighted by Gasteiger charge is -2.17. The summed E-state index contributed by atoms with van der Waals surface area (Å²) in [5.74, 6) is -0.0498. The molecule has 0 saturated carbocycles. The SMILES string of the molecule is CCc1cn([C@@H]2O[C@H](CO)C(O)[C@@H]2O)c2nc(N)[nH]c(=O)c12. The van der Waals surface area contributed by atoms with Crippen LogP contribution >= 0.6 is 0 Å². The van der Waals surface area contributed by atoms with Crippen LogP contribution in [-0.4, -0.2) is 54.8 Å². The van der Waals surface area contributed by atoms with E-state index in [2.05, 4.69) is 9.97 Å². The number of nitrogen functional groups attached to an aromatic ring is 1. The maximum Gasteiger partial charge on any atom is 0.262 e. The highest BCUT2D eigenvalue weighted by Crippen LogP contribution is 2.32. The number of nitrogens with two attached hydrogens (primary N) is 1. The number of hydrogen-bond donors (Lipinski definition) is 5. The number of H-pyrrole nitrogens is 1. The number of aliphatic hydroxyl groups excluding tert-OH is 3. The molecule has 9 heteroatoms. The average Bonchev–Trinajstić information content (AvgIpc) is 2.98. The Bertz CT molecular complexity index is 755. The molecular formula is C13H18N4O5. The lowest BCUT2D eigenvalue weighted by atomic mass is 10.1. The van der Waals surface area contributed by atoms with Gasteiger partial charge in [-0.25, -0.2) is 0 Å². The summed E-state index contributed by atoms with van der Waals surface area (Å²) in [6.45, 7) is 1.46. The number of aryl methyl sites for hydroxylation is 1. The van der Waals surface area contributed by atoms with Gasteiger partial charge in [0.05, 0.1) is 12.0 Å². The second-order valence-corrected chi connectivity index (χ2v) is 5.29. The fourth-order valence-electron chi connectivity index (χ4n) is 2.82. The topological polar surface area (TPSA) is 147 Å². The van der Waals surface area contributed by atoms with Gasteiger partial charge in [-0.3, -0.25) is 9.78 Å². The fourth-order valence-corrected chi connectivity index (χ4v) is 2.82. The van der Waals surface area contributed by atoms with Crippen molar-refractivity contribution in [3.8, 4) is 0 Å². The van der Waals surface area contributed by atoms with Crippen LogP contribution in [0.3, 0.4) is 0 Å². The van der Waals surface area contributed by atoms with Crippen LogP contribution in [-0.2, 0) is 11.2 Å². The van der Waals surface area contributed by atoms with Gasteiger partial charge in [0.25, 0.3) is 5.56 Å². The van der Waals surface area contributed by atoms with Crippen LogP contribution < -0.4 is 11.3 Å². The number of aliphatic hydroxyl groups is 3. The second-order valence-electron chi connectivity index (χ2n) is 5.29. The van der Waals surface area contributed by atoms with Gasteiger partial charge in [-0.15, -0.1) is 0 Å². The predicted molar refractivity (Wildman–Crippen MR) is 77.2 cm³/mol. The Kier molecular flexibility index (Phi) is 3.65. The molecule has 3 heterocycles. The molecule has 1 fully saturated rings. The third kappa shape index (κ3) is 2.10. The predicted octanol–water partition coefficient (Wildman–Crippen LogP) is -1.52. The molecule has 1 unspecified atom stereocenters. The Morgan fingerprint density at radius 3 is 2.77 bits per heavy atom.